The highest BCUT2D eigenvalue weighted by atomic mass is 32.1. The zero-order chi connectivity index (χ0) is 11.1. The number of nitrogens with one attached hydrogen (secondary N) is 1. The number of fused-ring (bicyclic) bond motifs is 1. The number of carbonyl (C=O) groups excluding carboxylic acids is 1. The lowest BCUT2D eigenvalue weighted by molar-refractivity contribution is -0.120. The first-order chi connectivity index (χ1) is 7.79. The Kier molecular flexibility index (Phi) is 2.48. The van der Waals surface area contributed by atoms with Crippen molar-refractivity contribution < 1.29 is 4.79 Å². The van der Waals surface area contributed by atoms with E-state index in [1.165, 1.54) is 6.42 Å². The van der Waals surface area contributed by atoms with Crippen LogP contribution in [0, 0.1) is 11.8 Å². The first-order valence-corrected chi connectivity index (χ1v) is 6.74. The van der Waals surface area contributed by atoms with E-state index in [0.29, 0.717) is 0 Å². The van der Waals surface area contributed by atoms with E-state index in [4.69, 9.17) is 0 Å². The predicted molar refractivity (Wildman–Crippen MR) is 65.7 cm³/mol. The molecular formula is C12H16N2OS. The van der Waals surface area contributed by atoms with E-state index in [1.807, 2.05) is 23.4 Å². The molecular weight excluding hydrogens is 220 g/mol. The second kappa shape index (κ2) is 3.86. The molecule has 1 aliphatic heterocycles. The van der Waals surface area contributed by atoms with E-state index in [2.05, 4.69) is 10.7 Å². The third-order valence-corrected chi connectivity index (χ3v) is 4.43. The van der Waals surface area contributed by atoms with Gasteiger partial charge in [0.1, 0.15) is 0 Å². The Balaban J connectivity index is 1.88. The highest BCUT2D eigenvalue weighted by Gasteiger charge is 2.45. The Morgan fingerprint density at radius 1 is 1.44 bits per heavy atom. The average Bonchev–Trinajstić information content (AvgIpc) is 2.81. The van der Waals surface area contributed by atoms with Crippen LogP contribution in [0.4, 0.5) is 5.69 Å². The number of hydrogen-bond acceptors (Lipinski definition) is 3. The highest BCUT2D eigenvalue weighted by Crippen LogP contribution is 2.45. The van der Waals surface area contributed by atoms with Crippen LogP contribution >= 0.6 is 11.3 Å². The fraction of sp³-hybridized carbons (Fsp3) is 0.583. The van der Waals surface area contributed by atoms with E-state index < -0.39 is 0 Å². The molecule has 4 heteroatoms. The van der Waals surface area contributed by atoms with Crippen LogP contribution in [0.3, 0.4) is 0 Å². The molecule has 1 N–H and O–H groups in total. The van der Waals surface area contributed by atoms with Gasteiger partial charge >= 0.3 is 0 Å². The molecule has 1 saturated heterocycles. The van der Waals surface area contributed by atoms with Crippen molar-refractivity contribution in [3.63, 3.8) is 0 Å². The topological polar surface area (TPSA) is 32.3 Å². The highest BCUT2D eigenvalue weighted by molar-refractivity contribution is 7.08. The van der Waals surface area contributed by atoms with Crippen molar-refractivity contribution in [2.45, 2.75) is 18.9 Å². The monoisotopic (exact) mass is 236 g/mol. The molecule has 3 atom stereocenters. The maximum atomic E-state index is 12.3. The van der Waals surface area contributed by atoms with E-state index in [0.717, 1.165) is 30.5 Å². The fourth-order valence-corrected chi connectivity index (χ4v) is 3.27. The molecule has 1 aromatic rings. The zero-order valence-electron chi connectivity index (χ0n) is 9.35. The van der Waals surface area contributed by atoms with Gasteiger partial charge in [-0.2, -0.15) is 11.3 Å². The Morgan fingerprint density at radius 2 is 2.31 bits per heavy atom. The van der Waals surface area contributed by atoms with Crippen molar-refractivity contribution >= 4 is 22.9 Å². The summed E-state index contributed by atoms with van der Waals surface area (Å²) in [6.45, 7) is 0.915. The SMILES string of the molecule is CNC1CC2CC2CN(c2ccsc2)C1=O. The molecule has 0 radical (unpaired) electrons. The summed E-state index contributed by atoms with van der Waals surface area (Å²) in [6, 6.07) is 2.05. The molecule has 3 rings (SSSR count). The van der Waals surface area contributed by atoms with Gasteiger partial charge in [0, 0.05) is 11.9 Å². The van der Waals surface area contributed by atoms with Gasteiger partial charge in [0.05, 0.1) is 11.7 Å². The Morgan fingerprint density at radius 3 is 3.00 bits per heavy atom. The number of amides is 1. The maximum Gasteiger partial charge on any atom is 0.244 e. The number of hydrogen-bond donors (Lipinski definition) is 1. The Bertz CT molecular complexity index is 390. The van der Waals surface area contributed by atoms with Gasteiger partial charge in [-0.15, -0.1) is 0 Å². The molecule has 1 saturated carbocycles. The lowest BCUT2D eigenvalue weighted by atomic mass is 10.1. The van der Waals surface area contributed by atoms with Gasteiger partial charge in [-0.1, -0.05) is 0 Å². The van der Waals surface area contributed by atoms with Gasteiger partial charge in [0.25, 0.3) is 0 Å². The number of nitrogens with zero attached hydrogens (tertiary/aromatic N) is 1. The van der Waals surface area contributed by atoms with Crippen LogP contribution in [-0.4, -0.2) is 25.5 Å². The lowest BCUT2D eigenvalue weighted by Crippen LogP contribution is -2.44. The smallest absolute Gasteiger partial charge is 0.244 e. The quantitative estimate of drug-likeness (QED) is 0.848. The molecule has 1 aliphatic carbocycles. The van der Waals surface area contributed by atoms with Gasteiger partial charge in [0.2, 0.25) is 5.91 Å². The summed E-state index contributed by atoms with van der Waals surface area (Å²) in [5, 5.41) is 7.25. The van der Waals surface area contributed by atoms with Crippen molar-refractivity contribution in [1.82, 2.24) is 5.32 Å². The first kappa shape index (κ1) is 10.3. The first-order valence-electron chi connectivity index (χ1n) is 5.80. The number of anilines is 1. The predicted octanol–water partition coefficient (Wildman–Crippen LogP) is 1.71. The summed E-state index contributed by atoms with van der Waals surface area (Å²) in [5.74, 6) is 1.75. The van der Waals surface area contributed by atoms with Crippen LogP contribution in [0.5, 0.6) is 0 Å². The van der Waals surface area contributed by atoms with Gasteiger partial charge in [-0.3, -0.25) is 4.79 Å². The molecule has 0 bridgehead atoms. The minimum atomic E-state index is 0.0115. The molecule has 16 heavy (non-hydrogen) atoms. The molecule has 86 valence electrons. The molecule has 1 amide bonds. The van der Waals surface area contributed by atoms with Crippen LogP contribution < -0.4 is 10.2 Å². The molecule has 3 unspecified atom stereocenters. The van der Waals surface area contributed by atoms with Crippen molar-refractivity contribution in [1.29, 1.82) is 0 Å². The van der Waals surface area contributed by atoms with Crippen LogP contribution in [0.2, 0.25) is 0 Å². The van der Waals surface area contributed by atoms with Gasteiger partial charge in [-0.05, 0) is 43.2 Å². The van der Waals surface area contributed by atoms with E-state index in [1.54, 1.807) is 11.3 Å². The molecule has 2 fully saturated rings. The minimum Gasteiger partial charge on any atom is -0.310 e. The fourth-order valence-electron chi connectivity index (χ4n) is 2.62. The van der Waals surface area contributed by atoms with Crippen molar-refractivity contribution in [2.75, 3.05) is 18.5 Å². The summed E-state index contributed by atoms with van der Waals surface area (Å²) in [7, 11) is 1.89. The molecule has 2 aliphatic rings. The van der Waals surface area contributed by atoms with Crippen LogP contribution in [0.25, 0.3) is 0 Å². The summed E-state index contributed by atoms with van der Waals surface area (Å²) < 4.78 is 0. The normalized spacial score (nSPS) is 33.4. The summed E-state index contributed by atoms with van der Waals surface area (Å²) in [5.41, 5.74) is 1.07. The second-order valence-electron chi connectivity index (χ2n) is 4.76. The second-order valence-corrected chi connectivity index (χ2v) is 5.54. The van der Waals surface area contributed by atoms with Crippen LogP contribution in [-0.2, 0) is 4.79 Å². The molecule has 0 aromatic carbocycles. The minimum absolute atomic E-state index is 0.0115. The average molecular weight is 236 g/mol. The van der Waals surface area contributed by atoms with Gasteiger partial charge < -0.3 is 10.2 Å². The largest absolute Gasteiger partial charge is 0.310 e. The lowest BCUT2D eigenvalue weighted by Gasteiger charge is -2.24. The van der Waals surface area contributed by atoms with Gasteiger partial charge in [0.15, 0.2) is 0 Å². The van der Waals surface area contributed by atoms with E-state index in [9.17, 15) is 4.79 Å². The Labute approximate surface area is 99.5 Å². The third-order valence-electron chi connectivity index (χ3n) is 3.75. The van der Waals surface area contributed by atoms with Crippen molar-refractivity contribution in [3.8, 4) is 0 Å². The number of carbonyl (C=O) groups is 1. The zero-order valence-corrected chi connectivity index (χ0v) is 10.2. The van der Waals surface area contributed by atoms with Crippen LogP contribution in [0.1, 0.15) is 12.8 Å². The number of rotatable bonds is 2. The molecule has 0 spiro atoms. The molecule has 2 heterocycles. The maximum absolute atomic E-state index is 12.3. The van der Waals surface area contributed by atoms with Crippen LogP contribution in [0.15, 0.2) is 16.8 Å². The molecule has 1 aromatic heterocycles. The standard InChI is InChI=1S/C12H16N2OS/c1-13-11-5-8-4-9(8)6-14(12(11)15)10-2-3-16-7-10/h2-3,7-9,11,13H,4-6H2,1H3. The van der Waals surface area contributed by atoms with Crippen molar-refractivity contribution in [2.24, 2.45) is 11.8 Å². The third kappa shape index (κ3) is 1.66. The van der Waals surface area contributed by atoms with E-state index >= 15 is 0 Å². The summed E-state index contributed by atoms with van der Waals surface area (Å²) in [6.07, 6.45) is 2.31. The van der Waals surface area contributed by atoms with Gasteiger partial charge in [-0.25, -0.2) is 0 Å². The van der Waals surface area contributed by atoms with Crippen molar-refractivity contribution in [3.05, 3.63) is 16.8 Å². The van der Waals surface area contributed by atoms with E-state index in [-0.39, 0.29) is 11.9 Å². The summed E-state index contributed by atoms with van der Waals surface area (Å²) in [4.78, 5) is 14.3. The number of likely N-dealkylation sites (N-methyl/N-ethyl adjacent to an activating group) is 1. The number of thiophene rings is 1. The summed E-state index contributed by atoms with van der Waals surface area (Å²) >= 11 is 1.65. The molecule has 3 nitrogen and oxygen atoms in total. The Hall–Kier alpha value is -0.870.